The number of nitrogens with one attached hydrogen (secondary N) is 1. The molecular weight excluding hydrogens is 266 g/mol. The average molecular weight is 283 g/mol. The Morgan fingerprint density at radius 1 is 1.47 bits per heavy atom. The van der Waals surface area contributed by atoms with Gasteiger partial charge in [0.05, 0.1) is 16.6 Å². The van der Waals surface area contributed by atoms with Crippen LogP contribution in [0.4, 0.5) is 0 Å². The van der Waals surface area contributed by atoms with E-state index in [0.29, 0.717) is 12.8 Å². The zero-order valence-electron chi connectivity index (χ0n) is 10.7. The number of hydrogen-bond donors (Lipinski definition) is 2. The van der Waals surface area contributed by atoms with Gasteiger partial charge in [0, 0.05) is 6.54 Å². The first-order valence-corrected chi connectivity index (χ1v) is 7.91. The molecule has 1 aliphatic rings. The summed E-state index contributed by atoms with van der Waals surface area (Å²) in [6, 6.07) is 4.73. The standard InChI is InChI=1S/C13H17NO4S/c1-9-4-5-12(15)11(7-9)13(16)14-8-10-3-2-6-19(10,17)18/h4-5,7,10,15H,2-3,6,8H2,1H3,(H,14,16). The number of aryl methyl sites for hydroxylation is 1. The molecule has 1 fully saturated rings. The van der Waals surface area contributed by atoms with E-state index in [1.807, 2.05) is 6.92 Å². The molecule has 19 heavy (non-hydrogen) atoms. The minimum absolute atomic E-state index is 0.0996. The Balaban J connectivity index is 2.04. The first-order valence-electron chi connectivity index (χ1n) is 6.19. The number of amides is 1. The van der Waals surface area contributed by atoms with Gasteiger partial charge in [-0.05, 0) is 31.9 Å². The normalized spacial score (nSPS) is 21.2. The molecule has 1 unspecified atom stereocenters. The van der Waals surface area contributed by atoms with E-state index in [1.165, 1.54) is 6.07 Å². The molecule has 2 N–H and O–H groups in total. The summed E-state index contributed by atoms with van der Waals surface area (Å²) >= 11 is 0. The molecule has 0 radical (unpaired) electrons. The molecular formula is C13H17NO4S. The van der Waals surface area contributed by atoms with Gasteiger partial charge in [-0.2, -0.15) is 0 Å². The van der Waals surface area contributed by atoms with Gasteiger partial charge in [-0.25, -0.2) is 8.42 Å². The summed E-state index contributed by atoms with van der Waals surface area (Å²) in [7, 11) is -3.06. The van der Waals surface area contributed by atoms with Crippen LogP contribution in [0.5, 0.6) is 5.75 Å². The van der Waals surface area contributed by atoms with Crippen LogP contribution in [0.1, 0.15) is 28.8 Å². The SMILES string of the molecule is Cc1ccc(O)c(C(=O)NCC2CCCS2(=O)=O)c1. The summed E-state index contributed by atoms with van der Waals surface area (Å²) < 4.78 is 23.3. The highest BCUT2D eigenvalue weighted by molar-refractivity contribution is 7.92. The molecule has 1 aromatic carbocycles. The zero-order chi connectivity index (χ0) is 14.0. The molecule has 1 aromatic rings. The fourth-order valence-corrected chi connectivity index (χ4v) is 3.99. The molecule has 1 saturated heterocycles. The Hall–Kier alpha value is -1.56. The fourth-order valence-electron chi connectivity index (χ4n) is 2.22. The van der Waals surface area contributed by atoms with Gasteiger partial charge >= 0.3 is 0 Å². The number of aromatic hydroxyl groups is 1. The van der Waals surface area contributed by atoms with Crippen LogP contribution in [0.15, 0.2) is 18.2 Å². The van der Waals surface area contributed by atoms with Gasteiger partial charge in [-0.1, -0.05) is 11.6 Å². The van der Waals surface area contributed by atoms with Crippen molar-refractivity contribution in [3.05, 3.63) is 29.3 Å². The van der Waals surface area contributed by atoms with Gasteiger partial charge in [0.2, 0.25) is 0 Å². The van der Waals surface area contributed by atoms with Crippen molar-refractivity contribution in [2.24, 2.45) is 0 Å². The molecule has 0 saturated carbocycles. The highest BCUT2D eigenvalue weighted by atomic mass is 32.2. The summed E-state index contributed by atoms with van der Waals surface area (Å²) in [5.74, 6) is -0.343. The van der Waals surface area contributed by atoms with Gasteiger partial charge in [-0.3, -0.25) is 4.79 Å². The minimum atomic E-state index is -3.06. The van der Waals surface area contributed by atoms with Crippen molar-refractivity contribution in [1.82, 2.24) is 5.32 Å². The second-order valence-electron chi connectivity index (χ2n) is 4.86. The summed E-state index contributed by atoms with van der Waals surface area (Å²) in [4.78, 5) is 11.9. The van der Waals surface area contributed by atoms with Gasteiger partial charge in [-0.15, -0.1) is 0 Å². The number of sulfone groups is 1. The smallest absolute Gasteiger partial charge is 0.255 e. The maximum atomic E-state index is 11.9. The van der Waals surface area contributed by atoms with E-state index in [1.54, 1.807) is 12.1 Å². The highest BCUT2D eigenvalue weighted by Crippen LogP contribution is 2.20. The van der Waals surface area contributed by atoms with E-state index in [4.69, 9.17) is 0 Å². The van der Waals surface area contributed by atoms with Crippen LogP contribution in [0.2, 0.25) is 0 Å². The summed E-state index contributed by atoms with van der Waals surface area (Å²) in [5.41, 5.74) is 1.03. The molecule has 1 atom stereocenters. The monoisotopic (exact) mass is 283 g/mol. The van der Waals surface area contributed by atoms with Crippen LogP contribution in [0, 0.1) is 6.92 Å². The van der Waals surface area contributed by atoms with Gasteiger partial charge < -0.3 is 10.4 Å². The third-order valence-corrected chi connectivity index (χ3v) is 5.63. The van der Waals surface area contributed by atoms with Crippen LogP contribution in [0.25, 0.3) is 0 Å². The van der Waals surface area contributed by atoms with Crippen LogP contribution < -0.4 is 5.32 Å². The lowest BCUT2D eigenvalue weighted by molar-refractivity contribution is 0.0951. The van der Waals surface area contributed by atoms with Crippen LogP contribution >= 0.6 is 0 Å². The molecule has 0 spiro atoms. The van der Waals surface area contributed by atoms with Crippen LogP contribution in [-0.2, 0) is 9.84 Å². The van der Waals surface area contributed by atoms with E-state index < -0.39 is 21.0 Å². The second kappa shape index (κ2) is 5.21. The third kappa shape index (κ3) is 3.07. The van der Waals surface area contributed by atoms with Crippen molar-refractivity contribution in [3.8, 4) is 5.75 Å². The van der Waals surface area contributed by atoms with Crippen molar-refractivity contribution < 1.29 is 18.3 Å². The fraction of sp³-hybridized carbons (Fsp3) is 0.462. The molecule has 5 nitrogen and oxygen atoms in total. The molecule has 1 aliphatic heterocycles. The van der Waals surface area contributed by atoms with Crippen molar-refractivity contribution in [3.63, 3.8) is 0 Å². The van der Waals surface area contributed by atoms with Gasteiger partial charge in [0.25, 0.3) is 5.91 Å². The van der Waals surface area contributed by atoms with E-state index in [9.17, 15) is 18.3 Å². The minimum Gasteiger partial charge on any atom is -0.507 e. The number of phenolic OH excluding ortho intramolecular Hbond substituents is 1. The maximum absolute atomic E-state index is 11.9. The number of hydrogen-bond acceptors (Lipinski definition) is 4. The van der Waals surface area contributed by atoms with Gasteiger partial charge in [0.15, 0.2) is 9.84 Å². The van der Waals surface area contributed by atoms with Gasteiger partial charge in [0.1, 0.15) is 5.75 Å². The Labute approximate surface area is 112 Å². The first-order chi connectivity index (χ1) is 8.90. The largest absolute Gasteiger partial charge is 0.507 e. The van der Waals surface area contributed by atoms with Crippen molar-refractivity contribution >= 4 is 15.7 Å². The second-order valence-corrected chi connectivity index (χ2v) is 7.26. The summed E-state index contributed by atoms with van der Waals surface area (Å²) in [5, 5.41) is 11.7. The molecule has 6 heteroatoms. The average Bonchev–Trinajstić information content (AvgIpc) is 2.68. The van der Waals surface area contributed by atoms with E-state index in [2.05, 4.69) is 5.32 Å². The lowest BCUT2D eigenvalue weighted by atomic mass is 10.1. The number of carbonyl (C=O) groups is 1. The lowest BCUT2D eigenvalue weighted by Crippen LogP contribution is -2.34. The molecule has 2 rings (SSSR count). The predicted octanol–water partition coefficient (Wildman–Crippen LogP) is 1.01. The number of benzene rings is 1. The Morgan fingerprint density at radius 2 is 2.21 bits per heavy atom. The van der Waals surface area contributed by atoms with E-state index >= 15 is 0 Å². The zero-order valence-corrected chi connectivity index (χ0v) is 11.5. The molecule has 0 aromatic heterocycles. The van der Waals surface area contributed by atoms with Crippen molar-refractivity contribution in [2.75, 3.05) is 12.3 Å². The number of rotatable bonds is 3. The molecule has 0 aliphatic carbocycles. The lowest BCUT2D eigenvalue weighted by Gasteiger charge is -2.11. The number of carbonyl (C=O) groups excluding carboxylic acids is 1. The number of phenols is 1. The summed E-state index contributed by atoms with van der Waals surface area (Å²) in [6.07, 6.45) is 1.24. The molecule has 1 heterocycles. The van der Waals surface area contributed by atoms with Crippen LogP contribution in [0.3, 0.4) is 0 Å². The maximum Gasteiger partial charge on any atom is 0.255 e. The van der Waals surface area contributed by atoms with Crippen molar-refractivity contribution in [2.45, 2.75) is 25.0 Å². The Morgan fingerprint density at radius 3 is 2.84 bits per heavy atom. The molecule has 1 amide bonds. The van der Waals surface area contributed by atoms with Crippen LogP contribution in [-0.4, -0.2) is 37.0 Å². The highest BCUT2D eigenvalue weighted by Gasteiger charge is 2.31. The third-order valence-electron chi connectivity index (χ3n) is 3.35. The summed E-state index contributed by atoms with van der Waals surface area (Å²) in [6.45, 7) is 1.92. The van der Waals surface area contributed by atoms with E-state index in [0.717, 1.165) is 5.56 Å². The first kappa shape index (κ1) is 13.9. The van der Waals surface area contributed by atoms with Crippen molar-refractivity contribution in [1.29, 1.82) is 0 Å². The molecule has 0 bridgehead atoms. The van der Waals surface area contributed by atoms with E-state index in [-0.39, 0.29) is 23.6 Å². The Kier molecular flexibility index (Phi) is 3.80. The predicted molar refractivity (Wildman–Crippen MR) is 72.0 cm³/mol. The quantitative estimate of drug-likeness (QED) is 0.867. The topological polar surface area (TPSA) is 83.5 Å². The molecule has 104 valence electrons. The Bertz CT molecular complexity index is 595.